The molecule has 2 rings (SSSR count). The van der Waals surface area contributed by atoms with Crippen molar-refractivity contribution in [2.24, 2.45) is 0 Å². The lowest BCUT2D eigenvalue weighted by atomic mass is 10.1. The van der Waals surface area contributed by atoms with Crippen LogP contribution in [0.4, 0.5) is 5.69 Å². The molecule has 2 N–H and O–H groups in total. The van der Waals surface area contributed by atoms with Gasteiger partial charge in [0.15, 0.2) is 0 Å². The molecule has 0 aliphatic carbocycles. The van der Waals surface area contributed by atoms with Crippen LogP contribution < -0.4 is 5.73 Å². The van der Waals surface area contributed by atoms with Gasteiger partial charge in [-0.2, -0.15) is 5.10 Å². The summed E-state index contributed by atoms with van der Waals surface area (Å²) in [7, 11) is 0. The molecule has 4 heteroatoms. The van der Waals surface area contributed by atoms with Gasteiger partial charge >= 0.3 is 0 Å². The Balaban J connectivity index is 2.41. The molecule has 3 nitrogen and oxygen atoms in total. The van der Waals surface area contributed by atoms with Gasteiger partial charge in [-0.3, -0.25) is 4.68 Å². The minimum Gasteiger partial charge on any atom is -0.398 e. The molecule has 0 saturated heterocycles. The van der Waals surface area contributed by atoms with Crippen LogP contribution >= 0.6 is 11.6 Å². The predicted octanol–water partition coefficient (Wildman–Crippen LogP) is 3.50. The van der Waals surface area contributed by atoms with Crippen molar-refractivity contribution in [2.75, 3.05) is 5.73 Å². The van der Waals surface area contributed by atoms with E-state index in [2.05, 4.69) is 12.0 Å². The number of anilines is 1. The zero-order valence-corrected chi connectivity index (χ0v) is 10.8. The number of rotatable bonds is 3. The lowest BCUT2D eigenvalue weighted by Crippen LogP contribution is -1.95. The van der Waals surface area contributed by atoms with Gasteiger partial charge in [0.2, 0.25) is 0 Å². The molecule has 1 aromatic carbocycles. The molecule has 0 bridgehead atoms. The Morgan fingerprint density at radius 1 is 1.41 bits per heavy atom. The summed E-state index contributed by atoms with van der Waals surface area (Å²) in [6, 6.07) is 3.80. The van der Waals surface area contributed by atoms with Gasteiger partial charge in [0.1, 0.15) is 0 Å². The molecule has 1 heterocycles. The number of nitrogens with zero attached hydrogens (tertiary/aromatic N) is 2. The maximum absolute atomic E-state index is 6.21. The third kappa shape index (κ3) is 2.44. The van der Waals surface area contributed by atoms with E-state index in [4.69, 9.17) is 17.3 Å². The molecule has 17 heavy (non-hydrogen) atoms. The Hall–Kier alpha value is -1.48. The first kappa shape index (κ1) is 12.0. The summed E-state index contributed by atoms with van der Waals surface area (Å²) >= 11 is 6.21. The fourth-order valence-electron chi connectivity index (χ4n) is 1.77. The Morgan fingerprint density at radius 3 is 2.88 bits per heavy atom. The summed E-state index contributed by atoms with van der Waals surface area (Å²) in [5.41, 5.74) is 9.59. The molecule has 0 amide bonds. The second-order valence-corrected chi connectivity index (χ2v) is 4.59. The van der Waals surface area contributed by atoms with E-state index in [-0.39, 0.29) is 0 Å². The summed E-state index contributed by atoms with van der Waals surface area (Å²) in [4.78, 5) is 0. The van der Waals surface area contributed by atoms with Crippen LogP contribution in [0.5, 0.6) is 0 Å². The maximum Gasteiger partial charge on any atom is 0.0568 e. The van der Waals surface area contributed by atoms with Crippen LogP contribution in [0.3, 0.4) is 0 Å². The van der Waals surface area contributed by atoms with Crippen LogP contribution in [0, 0.1) is 6.92 Å². The average molecular weight is 250 g/mol. The van der Waals surface area contributed by atoms with Crippen molar-refractivity contribution in [3.05, 3.63) is 35.1 Å². The quantitative estimate of drug-likeness (QED) is 0.846. The first-order chi connectivity index (χ1) is 8.11. The van der Waals surface area contributed by atoms with Crippen LogP contribution in [0.15, 0.2) is 24.5 Å². The van der Waals surface area contributed by atoms with Crippen LogP contribution in [-0.4, -0.2) is 9.78 Å². The van der Waals surface area contributed by atoms with Crippen LogP contribution in [0.25, 0.3) is 11.1 Å². The first-order valence-corrected chi connectivity index (χ1v) is 6.08. The van der Waals surface area contributed by atoms with Crippen molar-refractivity contribution in [3.63, 3.8) is 0 Å². The molecular formula is C13H16ClN3. The van der Waals surface area contributed by atoms with Gasteiger partial charge in [-0.25, -0.2) is 0 Å². The summed E-state index contributed by atoms with van der Waals surface area (Å²) in [6.07, 6.45) is 4.92. The molecule has 0 fully saturated rings. The van der Waals surface area contributed by atoms with Gasteiger partial charge in [-0.1, -0.05) is 18.5 Å². The number of nitrogen functional groups attached to an aromatic ring is 1. The minimum absolute atomic E-state index is 0.671. The van der Waals surface area contributed by atoms with E-state index in [1.165, 1.54) is 0 Å². The number of hydrogen-bond acceptors (Lipinski definition) is 2. The van der Waals surface area contributed by atoms with Crippen molar-refractivity contribution in [1.29, 1.82) is 0 Å². The molecule has 0 atom stereocenters. The molecule has 0 aliphatic rings. The summed E-state index contributed by atoms with van der Waals surface area (Å²) in [5, 5.41) is 4.97. The fourth-order valence-corrected chi connectivity index (χ4v) is 2.05. The second-order valence-electron chi connectivity index (χ2n) is 4.18. The molecule has 0 spiro atoms. The molecule has 90 valence electrons. The monoisotopic (exact) mass is 249 g/mol. The smallest absolute Gasteiger partial charge is 0.0568 e. The van der Waals surface area contributed by atoms with Gasteiger partial charge in [0.05, 0.1) is 11.2 Å². The number of halogens is 1. The molecule has 2 aromatic rings. The van der Waals surface area contributed by atoms with Gasteiger partial charge in [0, 0.05) is 29.6 Å². The van der Waals surface area contributed by atoms with Crippen molar-refractivity contribution < 1.29 is 0 Å². The van der Waals surface area contributed by atoms with E-state index in [1.807, 2.05) is 30.1 Å². The van der Waals surface area contributed by atoms with Crippen LogP contribution in [0.1, 0.15) is 18.9 Å². The normalized spacial score (nSPS) is 10.8. The van der Waals surface area contributed by atoms with Crippen LogP contribution in [0.2, 0.25) is 5.02 Å². The SMILES string of the molecule is CCCn1cc(-c2cc(C)c(N)cc2Cl)cn1. The molecule has 0 aliphatic heterocycles. The number of hydrogen-bond donors (Lipinski definition) is 1. The molecule has 0 saturated carbocycles. The van der Waals surface area contributed by atoms with Gasteiger partial charge in [-0.05, 0) is 31.0 Å². The van der Waals surface area contributed by atoms with Crippen molar-refractivity contribution >= 4 is 17.3 Å². The van der Waals surface area contributed by atoms with E-state index >= 15 is 0 Å². The average Bonchev–Trinajstić information content (AvgIpc) is 2.72. The van der Waals surface area contributed by atoms with E-state index < -0.39 is 0 Å². The zero-order chi connectivity index (χ0) is 12.4. The predicted molar refractivity (Wildman–Crippen MR) is 72.1 cm³/mol. The number of nitrogens with two attached hydrogens (primary N) is 1. The van der Waals surface area contributed by atoms with Gasteiger partial charge < -0.3 is 5.73 Å². The Morgan fingerprint density at radius 2 is 2.18 bits per heavy atom. The van der Waals surface area contributed by atoms with Crippen molar-refractivity contribution in [2.45, 2.75) is 26.8 Å². The molecule has 0 unspecified atom stereocenters. The Kier molecular flexibility index (Phi) is 3.38. The van der Waals surface area contributed by atoms with Gasteiger partial charge in [0.25, 0.3) is 0 Å². The molecular weight excluding hydrogens is 234 g/mol. The summed E-state index contributed by atoms with van der Waals surface area (Å²) < 4.78 is 1.93. The number of aryl methyl sites for hydroxylation is 2. The third-order valence-corrected chi connectivity index (χ3v) is 3.07. The third-order valence-electron chi connectivity index (χ3n) is 2.75. The summed E-state index contributed by atoms with van der Waals surface area (Å²) in [6.45, 7) is 5.03. The van der Waals surface area contributed by atoms with Gasteiger partial charge in [-0.15, -0.1) is 0 Å². The van der Waals surface area contributed by atoms with Crippen LogP contribution in [-0.2, 0) is 6.54 Å². The second kappa shape index (κ2) is 4.80. The zero-order valence-electron chi connectivity index (χ0n) is 10.1. The molecule has 0 radical (unpaired) electrons. The van der Waals surface area contributed by atoms with Crippen molar-refractivity contribution in [3.8, 4) is 11.1 Å². The highest BCUT2D eigenvalue weighted by Gasteiger charge is 2.08. The molecule has 1 aromatic heterocycles. The van der Waals surface area contributed by atoms with E-state index in [0.29, 0.717) is 5.02 Å². The lowest BCUT2D eigenvalue weighted by molar-refractivity contribution is 0.603. The van der Waals surface area contributed by atoms with Crippen molar-refractivity contribution in [1.82, 2.24) is 9.78 Å². The topological polar surface area (TPSA) is 43.8 Å². The maximum atomic E-state index is 6.21. The van der Waals surface area contributed by atoms with E-state index in [9.17, 15) is 0 Å². The highest BCUT2D eigenvalue weighted by molar-refractivity contribution is 6.33. The minimum atomic E-state index is 0.671. The standard InChI is InChI=1S/C13H16ClN3/c1-3-4-17-8-10(7-16-17)11-5-9(2)13(15)6-12(11)14/h5-8H,3-4,15H2,1-2H3. The fraction of sp³-hybridized carbons (Fsp3) is 0.308. The van der Waals surface area contributed by atoms with E-state index in [1.54, 1.807) is 6.07 Å². The first-order valence-electron chi connectivity index (χ1n) is 5.70. The highest BCUT2D eigenvalue weighted by Crippen LogP contribution is 2.31. The summed E-state index contributed by atoms with van der Waals surface area (Å²) in [5.74, 6) is 0. The number of benzene rings is 1. The largest absolute Gasteiger partial charge is 0.398 e. The highest BCUT2D eigenvalue weighted by atomic mass is 35.5. The van der Waals surface area contributed by atoms with E-state index in [0.717, 1.165) is 35.3 Å². The Bertz CT molecular complexity index is 531. The number of aromatic nitrogens is 2. The Labute approximate surface area is 106 Å². The lowest BCUT2D eigenvalue weighted by Gasteiger charge is -2.06.